The summed E-state index contributed by atoms with van der Waals surface area (Å²) in [6.45, 7) is -0.0234. The van der Waals surface area contributed by atoms with E-state index in [9.17, 15) is 13.6 Å². The van der Waals surface area contributed by atoms with Crippen LogP contribution in [0.25, 0.3) is 0 Å². The molecule has 0 unspecified atom stereocenters. The molecule has 0 atom stereocenters. The first-order valence-corrected chi connectivity index (χ1v) is 5.92. The van der Waals surface area contributed by atoms with Crippen LogP contribution in [0.4, 0.5) is 8.78 Å². The van der Waals surface area contributed by atoms with E-state index >= 15 is 0 Å². The Hall–Kier alpha value is -2.43. The Kier molecular flexibility index (Phi) is 4.30. The number of ether oxygens (including phenoxy) is 1. The van der Waals surface area contributed by atoms with E-state index in [1.807, 2.05) is 0 Å². The molecule has 2 aromatic carbocycles. The Bertz CT molecular complexity index is 609. The molecule has 0 aliphatic heterocycles. The number of aliphatic carboxylic acids is 1. The fourth-order valence-corrected chi connectivity index (χ4v) is 1.68. The van der Waals surface area contributed by atoms with E-state index in [1.54, 1.807) is 24.3 Å². The van der Waals surface area contributed by atoms with Crippen molar-refractivity contribution in [2.24, 2.45) is 0 Å². The Balaban J connectivity index is 1.98. The highest BCUT2D eigenvalue weighted by atomic mass is 19.1. The standard InChI is InChI=1S/C15H12F2O3/c16-12-4-3-11(14(17)8-12)9-20-13-5-1-10(2-6-13)7-15(18)19/h1-6,8H,7,9H2,(H,18,19). The highest BCUT2D eigenvalue weighted by Crippen LogP contribution is 2.16. The zero-order valence-corrected chi connectivity index (χ0v) is 10.5. The van der Waals surface area contributed by atoms with Crippen LogP contribution in [0.1, 0.15) is 11.1 Å². The Morgan fingerprint density at radius 3 is 2.40 bits per heavy atom. The van der Waals surface area contributed by atoms with Crippen molar-refractivity contribution in [3.8, 4) is 5.75 Å². The van der Waals surface area contributed by atoms with Crippen molar-refractivity contribution in [1.29, 1.82) is 0 Å². The SMILES string of the molecule is O=C(O)Cc1ccc(OCc2ccc(F)cc2F)cc1. The third-order valence-electron chi connectivity index (χ3n) is 2.69. The molecule has 0 spiro atoms. The second-order valence-corrected chi connectivity index (χ2v) is 4.24. The maximum Gasteiger partial charge on any atom is 0.307 e. The lowest BCUT2D eigenvalue weighted by Gasteiger charge is -2.07. The molecule has 0 saturated heterocycles. The van der Waals surface area contributed by atoms with Gasteiger partial charge in [0.25, 0.3) is 0 Å². The van der Waals surface area contributed by atoms with Crippen LogP contribution in [0.15, 0.2) is 42.5 Å². The van der Waals surface area contributed by atoms with Crippen molar-refractivity contribution in [3.63, 3.8) is 0 Å². The minimum atomic E-state index is -0.910. The fraction of sp³-hybridized carbons (Fsp3) is 0.133. The molecular formula is C15H12F2O3. The summed E-state index contributed by atoms with van der Waals surface area (Å²) in [6, 6.07) is 9.77. The van der Waals surface area contributed by atoms with Gasteiger partial charge >= 0.3 is 5.97 Å². The number of hydrogen-bond acceptors (Lipinski definition) is 2. The number of carboxylic acids is 1. The van der Waals surface area contributed by atoms with Crippen LogP contribution in [0.5, 0.6) is 5.75 Å². The molecule has 0 heterocycles. The molecule has 2 rings (SSSR count). The monoisotopic (exact) mass is 278 g/mol. The van der Waals surface area contributed by atoms with E-state index in [2.05, 4.69) is 0 Å². The van der Waals surface area contributed by atoms with Crippen LogP contribution in [0.2, 0.25) is 0 Å². The predicted octanol–water partition coefficient (Wildman–Crippen LogP) is 3.17. The number of benzene rings is 2. The van der Waals surface area contributed by atoms with Gasteiger partial charge in [-0.15, -0.1) is 0 Å². The molecule has 0 aliphatic rings. The zero-order valence-electron chi connectivity index (χ0n) is 10.5. The maximum absolute atomic E-state index is 13.4. The van der Waals surface area contributed by atoms with E-state index < -0.39 is 17.6 Å². The Labute approximate surface area is 114 Å². The van der Waals surface area contributed by atoms with Gasteiger partial charge < -0.3 is 9.84 Å². The lowest BCUT2D eigenvalue weighted by atomic mass is 10.1. The molecule has 0 saturated carbocycles. The first kappa shape index (κ1) is 14.0. The van der Waals surface area contributed by atoms with Gasteiger partial charge in [0, 0.05) is 11.6 Å². The summed E-state index contributed by atoms with van der Waals surface area (Å²) in [5.74, 6) is -1.72. The first-order valence-electron chi connectivity index (χ1n) is 5.92. The predicted molar refractivity (Wildman–Crippen MR) is 68.5 cm³/mol. The maximum atomic E-state index is 13.4. The molecule has 2 aromatic rings. The first-order chi connectivity index (χ1) is 9.54. The summed E-state index contributed by atoms with van der Waals surface area (Å²) in [6.07, 6.45) is -0.0626. The largest absolute Gasteiger partial charge is 0.489 e. The number of carbonyl (C=O) groups is 1. The molecule has 0 aliphatic carbocycles. The van der Waals surface area contributed by atoms with Gasteiger partial charge in [-0.25, -0.2) is 8.78 Å². The summed E-state index contributed by atoms with van der Waals surface area (Å²) in [5, 5.41) is 8.64. The van der Waals surface area contributed by atoms with Crippen molar-refractivity contribution in [3.05, 3.63) is 65.2 Å². The van der Waals surface area contributed by atoms with Gasteiger partial charge in [-0.2, -0.15) is 0 Å². The normalized spacial score (nSPS) is 10.3. The van der Waals surface area contributed by atoms with E-state index in [4.69, 9.17) is 9.84 Å². The van der Waals surface area contributed by atoms with Crippen molar-refractivity contribution in [1.82, 2.24) is 0 Å². The second-order valence-electron chi connectivity index (χ2n) is 4.24. The molecule has 3 nitrogen and oxygen atoms in total. The molecule has 1 N–H and O–H groups in total. The minimum Gasteiger partial charge on any atom is -0.489 e. The molecule has 0 bridgehead atoms. The second kappa shape index (κ2) is 6.14. The molecule has 20 heavy (non-hydrogen) atoms. The third-order valence-corrected chi connectivity index (χ3v) is 2.69. The van der Waals surface area contributed by atoms with E-state index in [1.165, 1.54) is 6.07 Å². The molecule has 104 valence electrons. The van der Waals surface area contributed by atoms with Gasteiger partial charge in [0.1, 0.15) is 24.0 Å². The number of carboxylic acid groups (broad SMARTS) is 1. The summed E-state index contributed by atoms with van der Waals surface area (Å²) in [7, 11) is 0. The van der Waals surface area contributed by atoms with Crippen LogP contribution in [-0.2, 0) is 17.8 Å². The molecule has 0 fully saturated rings. The Morgan fingerprint density at radius 2 is 1.80 bits per heavy atom. The molecular weight excluding hydrogens is 266 g/mol. The van der Waals surface area contributed by atoms with Crippen LogP contribution >= 0.6 is 0 Å². The van der Waals surface area contributed by atoms with Crippen molar-refractivity contribution in [2.45, 2.75) is 13.0 Å². The lowest BCUT2D eigenvalue weighted by Crippen LogP contribution is -2.01. The molecule has 0 amide bonds. The smallest absolute Gasteiger partial charge is 0.307 e. The minimum absolute atomic E-state index is 0.0234. The van der Waals surface area contributed by atoms with Gasteiger partial charge in [-0.3, -0.25) is 4.79 Å². The molecule has 0 aromatic heterocycles. The number of rotatable bonds is 5. The number of halogens is 2. The van der Waals surface area contributed by atoms with Gasteiger partial charge in [0.05, 0.1) is 6.42 Å². The molecule has 0 radical (unpaired) electrons. The van der Waals surface area contributed by atoms with E-state index in [0.717, 1.165) is 12.1 Å². The quantitative estimate of drug-likeness (QED) is 0.913. The van der Waals surface area contributed by atoms with Crippen molar-refractivity contribution in [2.75, 3.05) is 0 Å². The van der Waals surface area contributed by atoms with Gasteiger partial charge in [0.2, 0.25) is 0 Å². The summed E-state index contributed by atoms with van der Waals surface area (Å²) < 4.78 is 31.5. The van der Waals surface area contributed by atoms with E-state index in [-0.39, 0.29) is 18.6 Å². The average molecular weight is 278 g/mol. The summed E-state index contributed by atoms with van der Waals surface area (Å²) in [4.78, 5) is 10.5. The lowest BCUT2D eigenvalue weighted by molar-refractivity contribution is -0.136. The topological polar surface area (TPSA) is 46.5 Å². The zero-order chi connectivity index (χ0) is 14.5. The summed E-state index contributed by atoms with van der Waals surface area (Å²) >= 11 is 0. The van der Waals surface area contributed by atoms with Crippen molar-refractivity contribution < 1.29 is 23.4 Å². The van der Waals surface area contributed by atoms with Crippen molar-refractivity contribution >= 4 is 5.97 Å². The van der Waals surface area contributed by atoms with Gasteiger partial charge in [-0.05, 0) is 29.8 Å². The van der Waals surface area contributed by atoms with Crippen LogP contribution < -0.4 is 4.74 Å². The van der Waals surface area contributed by atoms with Crippen LogP contribution in [0, 0.1) is 11.6 Å². The summed E-state index contributed by atoms with van der Waals surface area (Å²) in [5.41, 5.74) is 0.902. The van der Waals surface area contributed by atoms with E-state index in [0.29, 0.717) is 11.3 Å². The highest BCUT2D eigenvalue weighted by Gasteiger charge is 2.05. The fourth-order valence-electron chi connectivity index (χ4n) is 1.68. The van der Waals surface area contributed by atoms with Crippen LogP contribution in [0.3, 0.4) is 0 Å². The third kappa shape index (κ3) is 3.78. The average Bonchev–Trinajstić information content (AvgIpc) is 2.39. The molecule has 5 heteroatoms. The van der Waals surface area contributed by atoms with Gasteiger partial charge in [-0.1, -0.05) is 12.1 Å². The Morgan fingerprint density at radius 1 is 1.10 bits per heavy atom. The van der Waals surface area contributed by atoms with Gasteiger partial charge in [0.15, 0.2) is 0 Å². The van der Waals surface area contributed by atoms with Crippen LogP contribution in [-0.4, -0.2) is 11.1 Å². The number of hydrogen-bond donors (Lipinski definition) is 1. The highest BCUT2D eigenvalue weighted by molar-refractivity contribution is 5.70.